The largest absolute Gasteiger partial charge is 0.316 e. The second kappa shape index (κ2) is 5.83. The second-order valence-corrected chi connectivity index (χ2v) is 5.62. The molecule has 0 aliphatic carbocycles. The molecule has 0 amide bonds. The van der Waals surface area contributed by atoms with Crippen LogP contribution in [-0.4, -0.2) is 24.6 Å². The zero-order chi connectivity index (χ0) is 12.3. The summed E-state index contributed by atoms with van der Waals surface area (Å²) in [5.74, 6) is 1.48. The van der Waals surface area contributed by atoms with E-state index in [2.05, 4.69) is 5.32 Å². The van der Waals surface area contributed by atoms with Gasteiger partial charge in [0.2, 0.25) is 0 Å². The van der Waals surface area contributed by atoms with Crippen molar-refractivity contribution in [3.05, 3.63) is 35.4 Å². The quantitative estimate of drug-likeness (QED) is 0.890. The van der Waals surface area contributed by atoms with Crippen LogP contribution in [0.4, 0.5) is 8.78 Å². The summed E-state index contributed by atoms with van der Waals surface area (Å²) in [4.78, 5) is 0. The minimum absolute atomic E-state index is 0.356. The third-order valence-corrected chi connectivity index (χ3v) is 4.53. The van der Waals surface area contributed by atoms with Gasteiger partial charge in [-0.3, -0.25) is 0 Å². The van der Waals surface area contributed by atoms with Gasteiger partial charge in [-0.15, -0.1) is 0 Å². The van der Waals surface area contributed by atoms with Crippen molar-refractivity contribution in [1.29, 1.82) is 0 Å². The molecule has 2 unspecified atom stereocenters. The van der Waals surface area contributed by atoms with E-state index in [0.29, 0.717) is 12.0 Å². The molecule has 2 atom stereocenters. The molecular formula is C13H17F2NS. The first-order valence-corrected chi connectivity index (χ1v) is 7.05. The van der Waals surface area contributed by atoms with E-state index in [4.69, 9.17) is 0 Å². The maximum absolute atomic E-state index is 13.1. The first kappa shape index (κ1) is 12.8. The highest BCUT2D eigenvalue weighted by molar-refractivity contribution is 7.99. The van der Waals surface area contributed by atoms with Crippen molar-refractivity contribution in [1.82, 2.24) is 5.32 Å². The maximum Gasteiger partial charge on any atom is 0.159 e. The van der Waals surface area contributed by atoms with Gasteiger partial charge in [0.1, 0.15) is 0 Å². The van der Waals surface area contributed by atoms with Gasteiger partial charge in [-0.1, -0.05) is 6.07 Å². The first-order valence-electron chi connectivity index (χ1n) is 5.89. The summed E-state index contributed by atoms with van der Waals surface area (Å²) in [6, 6.07) is 4.54. The van der Waals surface area contributed by atoms with Gasteiger partial charge in [-0.25, -0.2) is 8.78 Å². The Bertz CT molecular complexity index is 378. The minimum atomic E-state index is -0.772. The Morgan fingerprint density at radius 2 is 2.24 bits per heavy atom. The molecule has 0 radical (unpaired) electrons. The fourth-order valence-corrected chi connectivity index (χ4v) is 3.63. The molecule has 17 heavy (non-hydrogen) atoms. The smallest absolute Gasteiger partial charge is 0.159 e. The minimum Gasteiger partial charge on any atom is -0.316 e. The lowest BCUT2D eigenvalue weighted by atomic mass is 9.93. The van der Waals surface area contributed by atoms with Gasteiger partial charge in [0.15, 0.2) is 11.6 Å². The van der Waals surface area contributed by atoms with Crippen molar-refractivity contribution in [2.45, 2.75) is 18.9 Å². The van der Waals surface area contributed by atoms with E-state index in [1.807, 2.05) is 18.8 Å². The number of hydrogen-bond acceptors (Lipinski definition) is 2. The van der Waals surface area contributed by atoms with Crippen molar-refractivity contribution in [2.75, 3.05) is 18.6 Å². The number of likely N-dealkylation sites (N-methyl/N-ethyl adjacent to an activating group) is 1. The summed E-state index contributed by atoms with van der Waals surface area (Å²) in [7, 11) is 1.94. The molecule has 0 bridgehead atoms. The molecule has 4 heteroatoms. The topological polar surface area (TPSA) is 12.0 Å². The predicted octanol–water partition coefficient (Wildman–Crippen LogP) is 2.85. The van der Waals surface area contributed by atoms with Crippen molar-refractivity contribution in [2.24, 2.45) is 5.92 Å². The van der Waals surface area contributed by atoms with Gasteiger partial charge in [0.05, 0.1) is 0 Å². The Hall–Kier alpha value is -0.610. The molecule has 1 aromatic rings. The van der Waals surface area contributed by atoms with E-state index in [9.17, 15) is 8.78 Å². The van der Waals surface area contributed by atoms with Crippen molar-refractivity contribution < 1.29 is 8.78 Å². The van der Waals surface area contributed by atoms with Gasteiger partial charge >= 0.3 is 0 Å². The molecule has 1 fully saturated rings. The van der Waals surface area contributed by atoms with E-state index in [1.165, 1.54) is 24.3 Å². The Morgan fingerprint density at radius 1 is 1.41 bits per heavy atom. The van der Waals surface area contributed by atoms with Gasteiger partial charge in [-0.2, -0.15) is 11.8 Å². The van der Waals surface area contributed by atoms with Gasteiger partial charge in [0, 0.05) is 6.04 Å². The number of nitrogens with one attached hydrogen (secondary N) is 1. The van der Waals surface area contributed by atoms with Crippen LogP contribution >= 0.6 is 11.8 Å². The van der Waals surface area contributed by atoms with Crippen LogP contribution in [0.15, 0.2) is 18.2 Å². The van der Waals surface area contributed by atoms with Crippen LogP contribution in [0, 0.1) is 17.6 Å². The predicted molar refractivity (Wildman–Crippen MR) is 68.3 cm³/mol. The Labute approximate surface area is 105 Å². The summed E-state index contributed by atoms with van der Waals surface area (Å²) >= 11 is 1.97. The third kappa shape index (κ3) is 3.19. The monoisotopic (exact) mass is 257 g/mol. The zero-order valence-electron chi connectivity index (χ0n) is 9.88. The number of rotatable bonds is 4. The molecule has 1 aliphatic rings. The highest BCUT2D eigenvalue weighted by atomic mass is 32.2. The maximum atomic E-state index is 13.1. The molecule has 1 N–H and O–H groups in total. The van der Waals surface area contributed by atoms with Crippen molar-refractivity contribution in [3.63, 3.8) is 0 Å². The highest BCUT2D eigenvalue weighted by Crippen LogP contribution is 2.27. The lowest BCUT2D eigenvalue weighted by Crippen LogP contribution is -2.35. The van der Waals surface area contributed by atoms with Crippen LogP contribution in [0.5, 0.6) is 0 Å². The van der Waals surface area contributed by atoms with Crippen LogP contribution in [0.2, 0.25) is 0 Å². The SMILES string of the molecule is CNC(Cc1ccc(F)c(F)c1)C1CCSC1. The van der Waals surface area contributed by atoms with Gasteiger partial charge < -0.3 is 5.32 Å². The Morgan fingerprint density at radius 3 is 2.82 bits per heavy atom. The Balaban J connectivity index is 2.04. The van der Waals surface area contributed by atoms with Crippen LogP contribution in [0.1, 0.15) is 12.0 Å². The van der Waals surface area contributed by atoms with Crippen LogP contribution < -0.4 is 5.32 Å². The molecule has 0 saturated carbocycles. The molecular weight excluding hydrogens is 240 g/mol. The Kier molecular flexibility index (Phi) is 4.40. The summed E-state index contributed by atoms with van der Waals surface area (Å²) in [6.45, 7) is 0. The molecule has 0 spiro atoms. The zero-order valence-corrected chi connectivity index (χ0v) is 10.7. The lowest BCUT2D eigenvalue weighted by molar-refractivity contribution is 0.403. The lowest BCUT2D eigenvalue weighted by Gasteiger charge is -2.22. The fourth-order valence-electron chi connectivity index (χ4n) is 2.30. The first-order chi connectivity index (χ1) is 8.20. The molecule has 1 aliphatic heterocycles. The standard InChI is InChI=1S/C13H17F2NS/c1-16-13(10-4-5-17-8-10)7-9-2-3-11(14)12(15)6-9/h2-3,6,10,13,16H,4-5,7-8H2,1H3. The number of hydrogen-bond donors (Lipinski definition) is 1. The van der Waals surface area contributed by atoms with E-state index < -0.39 is 11.6 Å². The van der Waals surface area contributed by atoms with Crippen LogP contribution in [0.25, 0.3) is 0 Å². The highest BCUT2D eigenvalue weighted by Gasteiger charge is 2.24. The number of benzene rings is 1. The fraction of sp³-hybridized carbons (Fsp3) is 0.538. The van der Waals surface area contributed by atoms with Gasteiger partial charge in [-0.05, 0) is 55.0 Å². The summed E-state index contributed by atoms with van der Waals surface area (Å²) in [5.41, 5.74) is 0.861. The van der Waals surface area contributed by atoms with Crippen LogP contribution in [0.3, 0.4) is 0 Å². The second-order valence-electron chi connectivity index (χ2n) is 4.47. The average molecular weight is 257 g/mol. The summed E-state index contributed by atoms with van der Waals surface area (Å²) in [6.07, 6.45) is 1.97. The summed E-state index contributed by atoms with van der Waals surface area (Å²) < 4.78 is 25.9. The normalized spacial score (nSPS) is 21.7. The van der Waals surface area contributed by atoms with Crippen LogP contribution in [-0.2, 0) is 6.42 Å². The van der Waals surface area contributed by atoms with E-state index in [1.54, 1.807) is 6.07 Å². The van der Waals surface area contributed by atoms with E-state index in [-0.39, 0.29) is 0 Å². The average Bonchev–Trinajstić information content (AvgIpc) is 2.84. The van der Waals surface area contributed by atoms with Gasteiger partial charge in [0.25, 0.3) is 0 Å². The van der Waals surface area contributed by atoms with E-state index >= 15 is 0 Å². The molecule has 94 valence electrons. The van der Waals surface area contributed by atoms with E-state index in [0.717, 1.165) is 17.7 Å². The molecule has 1 nitrogen and oxygen atoms in total. The van der Waals surface area contributed by atoms with Crippen molar-refractivity contribution in [3.8, 4) is 0 Å². The molecule has 1 heterocycles. The molecule has 2 rings (SSSR count). The summed E-state index contributed by atoms with van der Waals surface area (Å²) in [5, 5.41) is 3.30. The number of halogens is 2. The van der Waals surface area contributed by atoms with Crippen molar-refractivity contribution >= 4 is 11.8 Å². The third-order valence-electron chi connectivity index (χ3n) is 3.34. The molecule has 0 aromatic heterocycles. The number of thioether (sulfide) groups is 1. The molecule has 1 aromatic carbocycles. The molecule has 1 saturated heterocycles.